The summed E-state index contributed by atoms with van der Waals surface area (Å²) in [6, 6.07) is 0.0970. The highest BCUT2D eigenvalue weighted by Gasteiger charge is 2.47. The fraction of sp³-hybridized carbons (Fsp3) is 0.312. The van der Waals surface area contributed by atoms with Crippen LogP contribution in [0.5, 0.6) is 11.5 Å². The number of benzene rings is 1. The fourth-order valence-electron chi connectivity index (χ4n) is 3.11. The molecule has 2 aromatic rings. The van der Waals surface area contributed by atoms with E-state index in [1.165, 1.54) is 0 Å². The largest absolute Gasteiger partial charge is 0.772 e. The number of likely N-dealkylation sites (tertiary alicyclic amines) is 1. The molecule has 13 heteroatoms. The van der Waals surface area contributed by atoms with E-state index in [2.05, 4.69) is 5.16 Å². The number of carboxylic acid groups (broad SMARTS) is 1. The number of hydrogen-bond acceptors (Lipinski definition) is 8. The first-order chi connectivity index (χ1) is 13.5. The Morgan fingerprint density at radius 1 is 1.38 bits per heavy atom. The van der Waals surface area contributed by atoms with Crippen LogP contribution in [0.15, 0.2) is 16.7 Å². The summed E-state index contributed by atoms with van der Waals surface area (Å²) >= 11 is 8.79. The zero-order valence-electron chi connectivity index (χ0n) is 14.5. The number of carbonyl (C=O) groups excluding carboxylic acids is 1. The van der Waals surface area contributed by atoms with Crippen molar-refractivity contribution < 1.29 is 38.2 Å². The van der Waals surface area contributed by atoms with Gasteiger partial charge >= 0.3 is 5.97 Å². The molecule has 1 fully saturated rings. The molecule has 1 aliphatic heterocycles. The second-order valence-electron chi connectivity index (χ2n) is 6.35. The van der Waals surface area contributed by atoms with Crippen LogP contribution in [0.2, 0.25) is 10.0 Å². The summed E-state index contributed by atoms with van der Waals surface area (Å²) in [5.41, 5.74) is -0.297. The first-order valence-electron chi connectivity index (χ1n) is 8.03. The van der Waals surface area contributed by atoms with Crippen LogP contribution in [0.4, 0.5) is 0 Å². The Labute approximate surface area is 175 Å². The van der Waals surface area contributed by atoms with Gasteiger partial charge in [-0.1, -0.05) is 28.4 Å². The number of rotatable bonds is 6. The molecule has 1 unspecified atom stereocenters. The molecule has 3 rings (SSSR count). The predicted octanol–water partition coefficient (Wildman–Crippen LogP) is 2.05. The van der Waals surface area contributed by atoms with Gasteiger partial charge in [0.15, 0.2) is 17.3 Å². The van der Waals surface area contributed by atoms with E-state index in [1.54, 1.807) is 6.92 Å². The number of carboxylic acids is 1. The van der Waals surface area contributed by atoms with Crippen LogP contribution in [0.3, 0.4) is 0 Å². The molecule has 1 aromatic carbocycles. The Balaban J connectivity index is 2.06. The highest BCUT2D eigenvalue weighted by atomic mass is 35.5. The third-order valence-electron chi connectivity index (χ3n) is 4.53. The molecule has 29 heavy (non-hydrogen) atoms. The maximum absolute atomic E-state index is 11.9. The maximum atomic E-state index is 11.9. The van der Waals surface area contributed by atoms with Crippen molar-refractivity contribution in [3.05, 3.63) is 27.9 Å². The lowest BCUT2D eigenvalue weighted by molar-refractivity contribution is -0.161. The van der Waals surface area contributed by atoms with Crippen molar-refractivity contribution in [3.8, 4) is 22.8 Å². The Morgan fingerprint density at radius 2 is 2.03 bits per heavy atom. The molecule has 3 N–H and O–H groups in total. The number of nitrogens with zero attached hydrogens (tertiary/aromatic N) is 2. The molecule has 1 amide bonds. The number of aliphatic carboxylic acids is 1. The normalized spacial score (nSPS) is 19.5. The minimum absolute atomic E-state index is 0.0126. The van der Waals surface area contributed by atoms with Crippen molar-refractivity contribution >= 4 is 46.2 Å². The topological polar surface area (TPSA) is 164 Å². The molecule has 0 radical (unpaired) electrons. The number of phenolic OH excluding ortho intramolecular Hbond substituents is 2. The predicted molar refractivity (Wildman–Crippen MR) is 99.3 cm³/mol. The lowest BCUT2D eigenvalue weighted by atomic mass is 9.97. The highest BCUT2D eigenvalue weighted by Crippen LogP contribution is 2.45. The summed E-state index contributed by atoms with van der Waals surface area (Å²) in [6.07, 6.45) is 0.104. The zero-order chi connectivity index (χ0) is 21.6. The standard InChI is InChI=1S/C16H14Cl2N2O8S/c1-5-2-10(21)20(5)12(16(24)25)15(29(26)27)8-4-9(28-19-8)6-3-7(17)13(22)14(23)11(6)18/h3-5,12,15,22-23H,2H2,1H3,(H,24,25)(H,26,27)/p-1/t5-,12-,15+/m1/s1. The van der Waals surface area contributed by atoms with Crippen LogP contribution in [0.25, 0.3) is 11.3 Å². The van der Waals surface area contributed by atoms with Crippen molar-refractivity contribution in [2.45, 2.75) is 30.7 Å². The molecule has 1 aliphatic rings. The second-order valence-corrected chi connectivity index (χ2v) is 8.17. The van der Waals surface area contributed by atoms with Gasteiger partial charge in [-0.2, -0.15) is 0 Å². The van der Waals surface area contributed by atoms with E-state index in [-0.39, 0.29) is 33.5 Å². The third kappa shape index (κ3) is 3.66. The summed E-state index contributed by atoms with van der Waals surface area (Å²) in [4.78, 5) is 24.6. The van der Waals surface area contributed by atoms with Crippen molar-refractivity contribution in [3.63, 3.8) is 0 Å². The van der Waals surface area contributed by atoms with Gasteiger partial charge < -0.3 is 29.3 Å². The van der Waals surface area contributed by atoms with E-state index in [0.717, 1.165) is 17.0 Å². The Hall–Kier alpha value is -2.34. The van der Waals surface area contributed by atoms with E-state index in [9.17, 15) is 33.7 Å². The van der Waals surface area contributed by atoms with Crippen LogP contribution in [0, 0.1) is 0 Å². The number of carbonyl (C=O) groups is 2. The number of amides is 1. The van der Waals surface area contributed by atoms with Gasteiger partial charge in [-0.3, -0.25) is 9.00 Å². The maximum Gasteiger partial charge on any atom is 0.328 e. The van der Waals surface area contributed by atoms with Gasteiger partial charge in [0, 0.05) is 24.1 Å². The Kier molecular flexibility index (Phi) is 5.77. The summed E-state index contributed by atoms with van der Waals surface area (Å²) in [7, 11) is 0. The monoisotopic (exact) mass is 463 g/mol. The lowest BCUT2D eigenvalue weighted by Crippen LogP contribution is -2.60. The van der Waals surface area contributed by atoms with E-state index >= 15 is 0 Å². The molecule has 1 saturated heterocycles. The summed E-state index contributed by atoms with van der Waals surface area (Å²) < 4.78 is 28.8. The van der Waals surface area contributed by atoms with Crippen LogP contribution in [0.1, 0.15) is 24.3 Å². The molecule has 0 aliphatic carbocycles. The molecular weight excluding hydrogens is 451 g/mol. The Morgan fingerprint density at radius 3 is 2.55 bits per heavy atom. The first kappa shape index (κ1) is 21.4. The third-order valence-corrected chi connectivity index (χ3v) is 6.12. The van der Waals surface area contributed by atoms with Crippen LogP contribution < -0.4 is 0 Å². The molecule has 0 saturated carbocycles. The van der Waals surface area contributed by atoms with E-state index in [4.69, 9.17) is 27.7 Å². The van der Waals surface area contributed by atoms with Crippen LogP contribution >= 0.6 is 23.2 Å². The molecule has 0 spiro atoms. The number of aromatic nitrogens is 1. The Bertz CT molecular complexity index is 1030. The average molecular weight is 464 g/mol. The molecule has 0 bridgehead atoms. The highest BCUT2D eigenvalue weighted by molar-refractivity contribution is 7.79. The number of aromatic hydroxyl groups is 2. The molecule has 2 heterocycles. The number of β-lactam (4-membered cyclic amide) rings is 1. The zero-order valence-corrected chi connectivity index (χ0v) is 16.9. The molecular formula is C16H13Cl2N2O8S-. The number of phenols is 2. The van der Waals surface area contributed by atoms with Gasteiger partial charge in [0.25, 0.3) is 0 Å². The minimum atomic E-state index is -2.98. The summed E-state index contributed by atoms with van der Waals surface area (Å²) in [5.74, 6) is -3.53. The van der Waals surface area contributed by atoms with Gasteiger partial charge in [0.2, 0.25) is 5.91 Å². The van der Waals surface area contributed by atoms with Crippen LogP contribution in [-0.2, 0) is 20.7 Å². The number of halogens is 2. The van der Waals surface area contributed by atoms with Gasteiger partial charge in [0.1, 0.15) is 11.7 Å². The SMILES string of the molecule is C[C@@H]1CC(=O)N1[C@@H](C(=O)O)[C@H](c1cc(-c2cc(Cl)c(O)c(O)c2Cl)on1)S(=O)[O-]. The average Bonchev–Trinajstić information content (AvgIpc) is 3.11. The van der Waals surface area contributed by atoms with Crippen molar-refractivity contribution in [2.24, 2.45) is 0 Å². The lowest BCUT2D eigenvalue weighted by Gasteiger charge is -2.44. The van der Waals surface area contributed by atoms with Crippen molar-refractivity contribution in [1.29, 1.82) is 0 Å². The number of hydrogen-bond donors (Lipinski definition) is 3. The molecule has 1 aromatic heterocycles. The van der Waals surface area contributed by atoms with Gasteiger partial charge in [-0.15, -0.1) is 0 Å². The molecule has 156 valence electrons. The van der Waals surface area contributed by atoms with Crippen LogP contribution in [-0.4, -0.2) is 58.1 Å². The van der Waals surface area contributed by atoms with Crippen molar-refractivity contribution in [2.75, 3.05) is 0 Å². The van der Waals surface area contributed by atoms with Crippen molar-refractivity contribution in [1.82, 2.24) is 10.1 Å². The van der Waals surface area contributed by atoms with E-state index in [0.29, 0.717) is 0 Å². The first-order valence-corrected chi connectivity index (χ1v) is 9.92. The van der Waals surface area contributed by atoms with Gasteiger partial charge in [0.05, 0.1) is 15.3 Å². The minimum Gasteiger partial charge on any atom is -0.772 e. The fourth-order valence-corrected chi connectivity index (χ4v) is 4.31. The van der Waals surface area contributed by atoms with E-state index < -0.39 is 51.8 Å². The quantitative estimate of drug-likeness (QED) is 0.330. The molecule has 10 nitrogen and oxygen atoms in total. The van der Waals surface area contributed by atoms with Gasteiger partial charge in [-0.25, -0.2) is 4.79 Å². The van der Waals surface area contributed by atoms with Gasteiger partial charge in [-0.05, 0) is 24.1 Å². The summed E-state index contributed by atoms with van der Waals surface area (Å²) in [5, 5.41) is 30.3. The second kappa shape index (κ2) is 7.82. The molecule has 4 atom stereocenters. The van der Waals surface area contributed by atoms with E-state index in [1.807, 2.05) is 0 Å². The smallest absolute Gasteiger partial charge is 0.328 e. The summed E-state index contributed by atoms with van der Waals surface area (Å²) in [6.45, 7) is 1.59.